The maximum atomic E-state index is 5.94. The maximum absolute atomic E-state index is 5.94. The largest absolute Gasteiger partial charge is 0.345 e. The average Bonchev–Trinajstić information content (AvgIpc) is 2.77. The molecule has 1 atom stereocenters. The van der Waals surface area contributed by atoms with Gasteiger partial charge < -0.3 is 4.74 Å². The summed E-state index contributed by atoms with van der Waals surface area (Å²) in [5.41, 5.74) is 1.21. The van der Waals surface area contributed by atoms with Crippen molar-refractivity contribution in [2.75, 3.05) is 25.4 Å². The normalized spacial score (nSPS) is 30.7. The highest BCUT2D eigenvalue weighted by Gasteiger charge is 2.48. The molecule has 2 aliphatic rings. The van der Waals surface area contributed by atoms with Gasteiger partial charge in [0.1, 0.15) is 0 Å². The summed E-state index contributed by atoms with van der Waals surface area (Å²) in [6.45, 7) is 2.98. The second-order valence-electron chi connectivity index (χ2n) is 3.77. The SMILES string of the molecule is Clc1ccc(C23OCCN2CCS3)cc1. The molecule has 0 aromatic heterocycles. The van der Waals surface area contributed by atoms with Crippen molar-refractivity contribution in [3.63, 3.8) is 0 Å². The van der Waals surface area contributed by atoms with Crippen molar-refractivity contribution in [3.05, 3.63) is 34.9 Å². The van der Waals surface area contributed by atoms with Crippen molar-refractivity contribution in [3.8, 4) is 0 Å². The average molecular weight is 242 g/mol. The van der Waals surface area contributed by atoms with Crippen LogP contribution in [0.3, 0.4) is 0 Å². The first-order valence-corrected chi connectivity index (χ1v) is 6.47. The van der Waals surface area contributed by atoms with Gasteiger partial charge in [-0.05, 0) is 12.1 Å². The van der Waals surface area contributed by atoms with Gasteiger partial charge in [0.05, 0.1) is 6.61 Å². The summed E-state index contributed by atoms with van der Waals surface area (Å²) in [6.07, 6.45) is 0. The van der Waals surface area contributed by atoms with Crippen LogP contribution in [0, 0.1) is 0 Å². The Bertz CT molecular complexity index is 357. The molecule has 0 spiro atoms. The van der Waals surface area contributed by atoms with E-state index >= 15 is 0 Å². The molecule has 1 aromatic carbocycles. The first-order valence-electron chi connectivity index (χ1n) is 5.10. The van der Waals surface area contributed by atoms with E-state index in [1.165, 1.54) is 5.56 Å². The number of fused-ring (bicyclic) bond motifs is 1. The molecule has 2 aliphatic heterocycles. The molecule has 80 valence electrons. The minimum absolute atomic E-state index is 0.218. The molecule has 1 aromatic rings. The summed E-state index contributed by atoms with van der Waals surface area (Å²) in [5.74, 6) is 1.14. The van der Waals surface area contributed by atoms with Crippen LogP contribution in [-0.2, 0) is 9.79 Å². The molecule has 2 saturated heterocycles. The fraction of sp³-hybridized carbons (Fsp3) is 0.455. The van der Waals surface area contributed by atoms with Gasteiger partial charge in [0.25, 0.3) is 0 Å². The lowest BCUT2D eigenvalue weighted by Gasteiger charge is -2.29. The van der Waals surface area contributed by atoms with Crippen LogP contribution >= 0.6 is 23.4 Å². The second kappa shape index (κ2) is 3.67. The molecule has 4 heteroatoms. The summed E-state index contributed by atoms with van der Waals surface area (Å²) in [7, 11) is 0. The van der Waals surface area contributed by atoms with Gasteiger partial charge in [-0.15, -0.1) is 11.8 Å². The minimum Gasteiger partial charge on any atom is -0.345 e. The zero-order valence-electron chi connectivity index (χ0n) is 8.28. The second-order valence-corrected chi connectivity index (χ2v) is 5.46. The van der Waals surface area contributed by atoms with Gasteiger partial charge in [0.15, 0.2) is 5.06 Å². The third-order valence-corrected chi connectivity index (χ3v) is 4.58. The van der Waals surface area contributed by atoms with Gasteiger partial charge >= 0.3 is 0 Å². The number of nitrogens with zero attached hydrogens (tertiary/aromatic N) is 1. The highest BCUT2D eigenvalue weighted by atomic mass is 35.5. The molecule has 0 amide bonds. The van der Waals surface area contributed by atoms with Crippen LogP contribution in [0.25, 0.3) is 0 Å². The Kier molecular flexibility index (Phi) is 2.44. The van der Waals surface area contributed by atoms with Crippen LogP contribution in [0.2, 0.25) is 5.02 Å². The number of benzene rings is 1. The van der Waals surface area contributed by atoms with E-state index in [1.54, 1.807) is 0 Å². The van der Waals surface area contributed by atoms with Crippen molar-refractivity contribution in [2.45, 2.75) is 5.06 Å². The molecule has 0 saturated carbocycles. The third-order valence-electron chi connectivity index (χ3n) is 2.94. The van der Waals surface area contributed by atoms with Crippen LogP contribution in [0.4, 0.5) is 0 Å². The Morgan fingerprint density at radius 1 is 1.27 bits per heavy atom. The van der Waals surface area contributed by atoms with Crippen molar-refractivity contribution in [2.24, 2.45) is 0 Å². The highest BCUT2D eigenvalue weighted by molar-refractivity contribution is 8.00. The zero-order valence-corrected chi connectivity index (χ0v) is 9.85. The summed E-state index contributed by atoms with van der Waals surface area (Å²) in [5, 5.41) is 0.563. The molecule has 1 unspecified atom stereocenters. The standard InChI is InChI=1S/C11H12ClNOS/c12-10-3-1-9(2-4-10)11-13(5-7-14-11)6-8-15-11/h1-4H,5-8H2. The molecular formula is C11H12ClNOS. The van der Waals surface area contributed by atoms with E-state index in [-0.39, 0.29) is 5.06 Å². The van der Waals surface area contributed by atoms with Crippen LogP contribution < -0.4 is 0 Å². The summed E-state index contributed by atoms with van der Waals surface area (Å²) < 4.78 is 5.94. The third kappa shape index (κ3) is 1.49. The van der Waals surface area contributed by atoms with Gasteiger partial charge in [-0.1, -0.05) is 23.7 Å². The van der Waals surface area contributed by atoms with E-state index in [1.807, 2.05) is 23.9 Å². The van der Waals surface area contributed by atoms with Crippen LogP contribution in [-0.4, -0.2) is 30.3 Å². The first-order chi connectivity index (χ1) is 7.31. The molecule has 0 N–H and O–H groups in total. The number of ether oxygens (including phenoxy) is 1. The van der Waals surface area contributed by atoms with E-state index in [0.29, 0.717) is 0 Å². The van der Waals surface area contributed by atoms with Crippen LogP contribution in [0.15, 0.2) is 24.3 Å². The fourth-order valence-electron chi connectivity index (χ4n) is 2.23. The minimum atomic E-state index is -0.218. The maximum Gasteiger partial charge on any atom is 0.196 e. The first kappa shape index (κ1) is 9.97. The van der Waals surface area contributed by atoms with Gasteiger partial charge in [-0.3, -0.25) is 4.90 Å². The molecule has 0 bridgehead atoms. The van der Waals surface area contributed by atoms with Crippen molar-refractivity contribution >= 4 is 23.4 Å². The van der Waals surface area contributed by atoms with Gasteiger partial charge in [-0.25, -0.2) is 0 Å². The Hall–Kier alpha value is -0.220. The Balaban J connectivity index is 2.01. The molecule has 3 rings (SSSR count). The Labute approximate surface area is 98.5 Å². The lowest BCUT2D eigenvalue weighted by Crippen LogP contribution is -2.34. The highest BCUT2D eigenvalue weighted by Crippen LogP contribution is 2.48. The summed E-state index contributed by atoms with van der Waals surface area (Å²) in [4.78, 5) is 2.40. The zero-order chi connectivity index (χ0) is 10.3. The number of halogens is 1. The summed E-state index contributed by atoms with van der Waals surface area (Å²) >= 11 is 7.78. The van der Waals surface area contributed by atoms with Gasteiger partial charge in [0, 0.05) is 29.4 Å². The lowest BCUT2D eigenvalue weighted by atomic mass is 10.2. The quantitative estimate of drug-likeness (QED) is 0.750. The fourth-order valence-corrected chi connectivity index (χ4v) is 3.78. The predicted octanol–water partition coefficient (Wildman–Crippen LogP) is 2.53. The van der Waals surface area contributed by atoms with Gasteiger partial charge in [-0.2, -0.15) is 0 Å². The molecule has 0 aliphatic carbocycles. The van der Waals surface area contributed by atoms with Crippen LogP contribution in [0.5, 0.6) is 0 Å². The smallest absolute Gasteiger partial charge is 0.196 e. The molecule has 15 heavy (non-hydrogen) atoms. The van der Waals surface area contributed by atoms with Crippen molar-refractivity contribution < 1.29 is 4.74 Å². The molecule has 0 radical (unpaired) electrons. The van der Waals surface area contributed by atoms with Gasteiger partial charge in [0.2, 0.25) is 0 Å². The summed E-state index contributed by atoms with van der Waals surface area (Å²) in [6, 6.07) is 8.01. The molecule has 2 nitrogen and oxygen atoms in total. The van der Waals surface area contributed by atoms with Crippen molar-refractivity contribution in [1.82, 2.24) is 4.90 Å². The van der Waals surface area contributed by atoms with Crippen LogP contribution in [0.1, 0.15) is 5.56 Å². The molecular weight excluding hydrogens is 230 g/mol. The van der Waals surface area contributed by atoms with E-state index in [9.17, 15) is 0 Å². The Morgan fingerprint density at radius 2 is 2.07 bits per heavy atom. The van der Waals surface area contributed by atoms with Crippen molar-refractivity contribution in [1.29, 1.82) is 0 Å². The Morgan fingerprint density at radius 3 is 2.87 bits per heavy atom. The monoisotopic (exact) mass is 241 g/mol. The van der Waals surface area contributed by atoms with E-state index < -0.39 is 0 Å². The number of hydrogen-bond acceptors (Lipinski definition) is 3. The number of thioether (sulfide) groups is 1. The van der Waals surface area contributed by atoms with E-state index in [4.69, 9.17) is 16.3 Å². The molecule has 2 heterocycles. The number of hydrogen-bond donors (Lipinski definition) is 0. The van der Waals surface area contributed by atoms with E-state index in [2.05, 4.69) is 17.0 Å². The van der Waals surface area contributed by atoms with E-state index in [0.717, 1.165) is 30.5 Å². The predicted molar refractivity (Wildman–Crippen MR) is 63.1 cm³/mol. The topological polar surface area (TPSA) is 12.5 Å². The molecule has 2 fully saturated rings. The number of rotatable bonds is 1. The lowest BCUT2D eigenvalue weighted by molar-refractivity contribution is 0.00807.